The van der Waals surface area contributed by atoms with Gasteiger partial charge >= 0.3 is 0 Å². The first-order valence-electron chi connectivity index (χ1n) is 3.15. The van der Waals surface area contributed by atoms with Crippen LogP contribution in [0.1, 0.15) is 0 Å². The minimum Gasteiger partial charge on any atom is -0.386 e. The molecule has 1 rings (SSSR count). The van der Waals surface area contributed by atoms with Gasteiger partial charge in [-0.05, 0) is 6.07 Å². The Labute approximate surface area is 70.5 Å². The standard InChI is InChI=1S/C7H9ClN2O/c1-10(2)11-7-5-6(8)3-4-9-7/h3-5H,1-2H3. The molecule has 1 heterocycles. The predicted octanol–water partition coefficient (Wildman–Crippen LogP) is 1.59. The van der Waals surface area contributed by atoms with Crippen molar-refractivity contribution in [2.24, 2.45) is 0 Å². The van der Waals surface area contributed by atoms with Crippen molar-refractivity contribution in [2.45, 2.75) is 0 Å². The number of pyridine rings is 1. The first-order valence-corrected chi connectivity index (χ1v) is 3.53. The van der Waals surface area contributed by atoms with Crippen LogP contribution in [-0.2, 0) is 0 Å². The summed E-state index contributed by atoms with van der Waals surface area (Å²) in [5, 5.41) is 2.18. The first-order chi connectivity index (χ1) is 5.18. The molecule has 0 bridgehead atoms. The highest BCUT2D eigenvalue weighted by molar-refractivity contribution is 6.30. The van der Waals surface area contributed by atoms with E-state index < -0.39 is 0 Å². The third-order valence-corrected chi connectivity index (χ3v) is 1.21. The molecule has 0 spiro atoms. The Balaban J connectivity index is 2.71. The lowest BCUT2D eigenvalue weighted by atomic mass is 10.5. The number of aromatic nitrogens is 1. The fourth-order valence-electron chi connectivity index (χ4n) is 0.622. The van der Waals surface area contributed by atoms with Gasteiger partial charge in [0, 0.05) is 31.4 Å². The average Bonchev–Trinajstić information content (AvgIpc) is 1.85. The molecule has 0 aromatic carbocycles. The summed E-state index contributed by atoms with van der Waals surface area (Å²) in [4.78, 5) is 9.06. The molecular formula is C7H9ClN2O. The molecular weight excluding hydrogens is 164 g/mol. The lowest BCUT2D eigenvalue weighted by molar-refractivity contribution is -0.00833. The Hall–Kier alpha value is -0.800. The minimum absolute atomic E-state index is 0.502. The van der Waals surface area contributed by atoms with E-state index in [1.54, 1.807) is 37.5 Å². The smallest absolute Gasteiger partial charge is 0.239 e. The molecule has 0 aliphatic carbocycles. The largest absolute Gasteiger partial charge is 0.386 e. The molecule has 0 N–H and O–H groups in total. The molecule has 3 nitrogen and oxygen atoms in total. The van der Waals surface area contributed by atoms with E-state index in [4.69, 9.17) is 16.4 Å². The molecule has 4 heteroatoms. The van der Waals surface area contributed by atoms with Crippen molar-refractivity contribution in [3.05, 3.63) is 23.4 Å². The van der Waals surface area contributed by atoms with Gasteiger partial charge in [-0.15, -0.1) is 5.06 Å². The molecule has 0 saturated heterocycles. The number of hydroxylamine groups is 2. The van der Waals surface area contributed by atoms with Gasteiger partial charge < -0.3 is 4.84 Å². The molecule has 0 saturated carbocycles. The van der Waals surface area contributed by atoms with Crippen LogP contribution < -0.4 is 4.84 Å². The van der Waals surface area contributed by atoms with E-state index in [0.717, 1.165) is 0 Å². The highest BCUT2D eigenvalue weighted by Gasteiger charge is 1.96. The van der Waals surface area contributed by atoms with Crippen LogP contribution in [0.2, 0.25) is 5.02 Å². The van der Waals surface area contributed by atoms with Crippen LogP contribution in [0.5, 0.6) is 5.88 Å². The lowest BCUT2D eigenvalue weighted by Gasteiger charge is -2.09. The van der Waals surface area contributed by atoms with Crippen LogP contribution >= 0.6 is 11.6 Å². The Bertz CT molecular complexity index is 240. The maximum absolute atomic E-state index is 5.69. The quantitative estimate of drug-likeness (QED) is 0.634. The number of rotatable bonds is 2. The minimum atomic E-state index is 0.502. The van der Waals surface area contributed by atoms with E-state index >= 15 is 0 Å². The zero-order valence-corrected chi connectivity index (χ0v) is 7.17. The van der Waals surface area contributed by atoms with Crippen LogP contribution in [0, 0.1) is 0 Å². The summed E-state index contributed by atoms with van der Waals surface area (Å²) in [5.74, 6) is 0.502. The van der Waals surface area contributed by atoms with E-state index in [2.05, 4.69) is 4.98 Å². The van der Waals surface area contributed by atoms with Gasteiger partial charge in [-0.2, -0.15) is 0 Å². The van der Waals surface area contributed by atoms with Crippen LogP contribution in [0.4, 0.5) is 0 Å². The maximum atomic E-state index is 5.69. The highest BCUT2D eigenvalue weighted by Crippen LogP contribution is 2.13. The van der Waals surface area contributed by atoms with Gasteiger partial charge in [-0.1, -0.05) is 11.6 Å². The van der Waals surface area contributed by atoms with Crippen LogP contribution in [-0.4, -0.2) is 24.1 Å². The number of nitrogens with zero attached hydrogens (tertiary/aromatic N) is 2. The van der Waals surface area contributed by atoms with Gasteiger partial charge in [0.1, 0.15) is 0 Å². The molecule has 0 atom stereocenters. The van der Waals surface area contributed by atoms with Gasteiger partial charge in [0.05, 0.1) is 0 Å². The van der Waals surface area contributed by atoms with E-state index in [0.29, 0.717) is 10.9 Å². The molecule has 0 unspecified atom stereocenters. The second kappa shape index (κ2) is 3.55. The van der Waals surface area contributed by atoms with Crippen LogP contribution in [0.3, 0.4) is 0 Å². The summed E-state index contributed by atoms with van der Waals surface area (Å²) in [6.45, 7) is 0. The van der Waals surface area contributed by atoms with Gasteiger partial charge in [0.25, 0.3) is 0 Å². The Kier molecular flexibility index (Phi) is 2.68. The van der Waals surface area contributed by atoms with Crippen molar-refractivity contribution in [3.8, 4) is 5.88 Å². The monoisotopic (exact) mass is 172 g/mol. The summed E-state index contributed by atoms with van der Waals surface area (Å²) in [5.41, 5.74) is 0. The summed E-state index contributed by atoms with van der Waals surface area (Å²) in [6, 6.07) is 3.35. The maximum Gasteiger partial charge on any atom is 0.239 e. The summed E-state index contributed by atoms with van der Waals surface area (Å²) >= 11 is 5.69. The summed E-state index contributed by atoms with van der Waals surface area (Å²) in [6.07, 6.45) is 1.60. The fourth-order valence-corrected chi connectivity index (χ4v) is 0.772. The van der Waals surface area contributed by atoms with E-state index in [-0.39, 0.29) is 0 Å². The second-order valence-corrected chi connectivity index (χ2v) is 2.65. The molecule has 0 radical (unpaired) electrons. The first kappa shape index (κ1) is 8.30. The zero-order chi connectivity index (χ0) is 8.27. The molecule has 1 aromatic rings. The molecule has 60 valence electrons. The predicted molar refractivity (Wildman–Crippen MR) is 43.6 cm³/mol. The van der Waals surface area contributed by atoms with Crippen molar-refractivity contribution in [2.75, 3.05) is 14.1 Å². The Morgan fingerprint density at radius 2 is 2.27 bits per heavy atom. The molecule has 0 aliphatic heterocycles. The Morgan fingerprint density at radius 1 is 1.55 bits per heavy atom. The second-order valence-electron chi connectivity index (χ2n) is 2.22. The van der Waals surface area contributed by atoms with E-state index in [1.165, 1.54) is 0 Å². The molecule has 1 aromatic heterocycles. The van der Waals surface area contributed by atoms with Crippen LogP contribution in [0.25, 0.3) is 0 Å². The normalized spacial score (nSPS) is 10.2. The van der Waals surface area contributed by atoms with Gasteiger partial charge in [0.2, 0.25) is 5.88 Å². The number of hydrogen-bond donors (Lipinski definition) is 0. The highest BCUT2D eigenvalue weighted by atomic mass is 35.5. The molecule has 0 amide bonds. The SMILES string of the molecule is CN(C)Oc1cc(Cl)ccn1. The number of halogens is 1. The van der Waals surface area contributed by atoms with E-state index in [1.807, 2.05) is 0 Å². The van der Waals surface area contributed by atoms with E-state index in [9.17, 15) is 0 Å². The molecule has 0 aliphatic rings. The zero-order valence-electron chi connectivity index (χ0n) is 6.41. The average molecular weight is 173 g/mol. The third-order valence-electron chi connectivity index (χ3n) is 0.973. The lowest BCUT2D eigenvalue weighted by Crippen LogP contribution is -2.16. The summed E-state index contributed by atoms with van der Waals surface area (Å²) in [7, 11) is 3.56. The molecule has 0 fully saturated rings. The van der Waals surface area contributed by atoms with Gasteiger partial charge in [0.15, 0.2) is 0 Å². The molecule has 11 heavy (non-hydrogen) atoms. The number of hydrogen-bond acceptors (Lipinski definition) is 3. The van der Waals surface area contributed by atoms with Gasteiger partial charge in [-0.3, -0.25) is 0 Å². The van der Waals surface area contributed by atoms with Crippen molar-refractivity contribution in [1.82, 2.24) is 10.0 Å². The topological polar surface area (TPSA) is 25.4 Å². The van der Waals surface area contributed by atoms with Crippen molar-refractivity contribution in [1.29, 1.82) is 0 Å². The van der Waals surface area contributed by atoms with Gasteiger partial charge in [-0.25, -0.2) is 4.98 Å². The van der Waals surface area contributed by atoms with Crippen molar-refractivity contribution in [3.63, 3.8) is 0 Å². The fraction of sp³-hybridized carbons (Fsp3) is 0.286. The third kappa shape index (κ3) is 2.74. The van der Waals surface area contributed by atoms with Crippen LogP contribution in [0.15, 0.2) is 18.3 Å². The van der Waals surface area contributed by atoms with Crippen molar-refractivity contribution >= 4 is 11.6 Å². The van der Waals surface area contributed by atoms with Crippen molar-refractivity contribution < 1.29 is 4.84 Å². The summed E-state index contributed by atoms with van der Waals surface area (Å²) < 4.78 is 0. The Morgan fingerprint density at radius 3 is 2.82 bits per heavy atom.